The van der Waals surface area contributed by atoms with Gasteiger partial charge in [-0.05, 0) is 25.3 Å². The first-order valence-electron chi connectivity index (χ1n) is 5.61. The summed E-state index contributed by atoms with van der Waals surface area (Å²) in [5.74, 6) is 0. The summed E-state index contributed by atoms with van der Waals surface area (Å²) in [5, 5.41) is 0. The number of hydrogen-bond acceptors (Lipinski definition) is 2. The van der Waals surface area contributed by atoms with Gasteiger partial charge in [0.2, 0.25) is 0 Å². The SMILES string of the molecule is C[C@@]1(COCc2ccccc2)CC[C@@H](I)O1. The quantitative estimate of drug-likeness (QED) is 0.620. The van der Waals surface area contributed by atoms with Gasteiger partial charge in [-0.3, -0.25) is 0 Å². The number of rotatable bonds is 4. The van der Waals surface area contributed by atoms with Gasteiger partial charge >= 0.3 is 0 Å². The fourth-order valence-electron chi connectivity index (χ4n) is 1.91. The Balaban J connectivity index is 1.76. The Morgan fingerprint density at radius 1 is 1.44 bits per heavy atom. The van der Waals surface area contributed by atoms with Crippen molar-refractivity contribution in [3.8, 4) is 0 Å². The third-order valence-corrected chi connectivity index (χ3v) is 3.71. The Bertz CT molecular complexity index is 328. The van der Waals surface area contributed by atoms with E-state index < -0.39 is 0 Å². The largest absolute Gasteiger partial charge is 0.374 e. The molecule has 0 saturated carbocycles. The van der Waals surface area contributed by atoms with Crippen LogP contribution in [0.15, 0.2) is 30.3 Å². The van der Waals surface area contributed by atoms with Crippen LogP contribution in [-0.4, -0.2) is 16.3 Å². The molecule has 1 aliphatic heterocycles. The van der Waals surface area contributed by atoms with Gasteiger partial charge in [0.15, 0.2) is 0 Å². The Hall–Kier alpha value is -0.130. The average molecular weight is 332 g/mol. The van der Waals surface area contributed by atoms with E-state index in [1.807, 2.05) is 18.2 Å². The number of hydrogen-bond donors (Lipinski definition) is 0. The molecule has 3 heteroatoms. The van der Waals surface area contributed by atoms with Crippen LogP contribution >= 0.6 is 22.6 Å². The second-order valence-electron chi connectivity index (χ2n) is 4.49. The third kappa shape index (κ3) is 3.43. The molecule has 0 aromatic heterocycles. The molecule has 0 N–H and O–H groups in total. The normalized spacial score (nSPS) is 29.5. The molecule has 0 radical (unpaired) electrons. The molecule has 2 rings (SSSR count). The maximum atomic E-state index is 5.85. The highest BCUT2D eigenvalue weighted by molar-refractivity contribution is 14.1. The molecule has 0 bridgehead atoms. The third-order valence-electron chi connectivity index (χ3n) is 2.83. The summed E-state index contributed by atoms with van der Waals surface area (Å²) in [6.07, 6.45) is 2.22. The minimum Gasteiger partial charge on any atom is -0.374 e. The predicted molar refractivity (Wildman–Crippen MR) is 72.6 cm³/mol. The van der Waals surface area contributed by atoms with Gasteiger partial charge in [0.1, 0.15) is 4.11 Å². The van der Waals surface area contributed by atoms with Crippen LogP contribution in [0.4, 0.5) is 0 Å². The predicted octanol–water partition coefficient (Wildman–Crippen LogP) is 3.53. The van der Waals surface area contributed by atoms with E-state index >= 15 is 0 Å². The van der Waals surface area contributed by atoms with E-state index in [1.54, 1.807) is 0 Å². The van der Waals surface area contributed by atoms with Crippen molar-refractivity contribution in [1.82, 2.24) is 0 Å². The van der Waals surface area contributed by atoms with Crippen molar-refractivity contribution in [1.29, 1.82) is 0 Å². The van der Waals surface area contributed by atoms with E-state index in [1.165, 1.54) is 5.56 Å². The van der Waals surface area contributed by atoms with Crippen LogP contribution in [0, 0.1) is 0 Å². The van der Waals surface area contributed by atoms with Gasteiger partial charge < -0.3 is 9.47 Å². The van der Waals surface area contributed by atoms with Crippen molar-refractivity contribution in [2.24, 2.45) is 0 Å². The van der Waals surface area contributed by atoms with Gasteiger partial charge in [-0.15, -0.1) is 0 Å². The molecule has 0 unspecified atom stereocenters. The van der Waals surface area contributed by atoms with E-state index in [9.17, 15) is 0 Å². The highest BCUT2D eigenvalue weighted by Crippen LogP contribution is 2.33. The van der Waals surface area contributed by atoms with Crippen molar-refractivity contribution >= 4 is 22.6 Å². The van der Waals surface area contributed by atoms with E-state index in [0.29, 0.717) is 17.3 Å². The van der Waals surface area contributed by atoms with Crippen molar-refractivity contribution < 1.29 is 9.47 Å². The molecule has 1 aromatic carbocycles. The van der Waals surface area contributed by atoms with Gasteiger partial charge in [-0.25, -0.2) is 0 Å². The van der Waals surface area contributed by atoms with E-state index in [2.05, 4.69) is 41.6 Å². The molecule has 1 heterocycles. The van der Waals surface area contributed by atoms with Crippen LogP contribution in [-0.2, 0) is 16.1 Å². The minimum absolute atomic E-state index is 0.0827. The van der Waals surface area contributed by atoms with Crippen LogP contribution in [0.3, 0.4) is 0 Å². The summed E-state index contributed by atoms with van der Waals surface area (Å²) in [6.45, 7) is 3.49. The summed E-state index contributed by atoms with van der Waals surface area (Å²) in [6, 6.07) is 10.3. The molecule has 0 amide bonds. The second kappa shape index (κ2) is 5.47. The van der Waals surface area contributed by atoms with Crippen LogP contribution in [0.25, 0.3) is 0 Å². The zero-order chi connectivity index (χ0) is 11.4. The van der Waals surface area contributed by atoms with Crippen molar-refractivity contribution in [2.45, 2.75) is 36.1 Å². The van der Waals surface area contributed by atoms with Crippen LogP contribution in [0.5, 0.6) is 0 Å². The van der Waals surface area contributed by atoms with Gasteiger partial charge in [0.25, 0.3) is 0 Å². The molecule has 1 aromatic rings. The molecular formula is C13H17IO2. The van der Waals surface area contributed by atoms with Crippen LogP contribution < -0.4 is 0 Å². The number of benzene rings is 1. The van der Waals surface area contributed by atoms with Crippen LogP contribution in [0.2, 0.25) is 0 Å². The topological polar surface area (TPSA) is 18.5 Å². The maximum Gasteiger partial charge on any atom is 0.109 e. The molecule has 2 nitrogen and oxygen atoms in total. The van der Waals surface area contributed by atoms with Gasteiger partial charge in [-0.1, -0.05) is 52.9 Å². The molecular weight excluding hydrogens is 315 g/mol. The average Bonchev–Trinajstić information content (AvgIpc) is 2.60. The lowest BCUT2D eigenvalue weighted by atomic mass is 10.0. The molecule has 2 atom stereocenters. The zero-order valence-corrected chi connectivity index (χ0v) is 11.6. The van der Waals surface area contributed by atoms with Crippen molar-refractivity contribution in [3.63, 3.8) is 0 Å². The Morgan fingerprint density at radius 3 is 2.81 bits per heavy atom. The standard InChI is InChI=1S/C13H17IO2/c1-13(8-7-12(14)16-13)10-15-9-11-5-3-2-4-6-11/h2-6,12H,7-10H2,1H3/t12-,13-/m0/s1. The lowest BCUT2D eigenvalue weighted by Crippen LogP contribution is -2.30. The first kappa shape index (κ1) is 12.3. The number of ether oxygens (including phenoxy) is 2. The highest BCUT2D eigenvalue weighted by Gasteiger charge is 2.34. The Kier molecular flexibility index (Phi) is 4.21. The molecule has 0 aliphatic carbocycles. The van der Waals surface area contributed by atoms with E-state index in [0.717, 1.165) is 12.8 Å². The maximum absolute atomic E-state index is 5.85. The monoisotopic (exact) mass is 332 g/mol. The molecule has 1 fully saturated rings. The minimum atomic E-state index is -0.0827. The van der Waals surface area contributed by atoms with E-state index in [4.69, 9.17) is 9.47 Å². The number of alkyl halides is 1. The second-order valence-corrected chi connectivity index (χ2v) is 5.88. The van der Waals surface area contributed by atoms with Crippen molar-refractivity contribution in [2.75, 3.05) is 6.61 Å². The van der Waals surface area contributed by atoms with E-state index in [-0.39, 0.29) is 5.60 Å². The van der Waals surface area contributed by atoms with Crippen molar-refractivity contribution in [3.05, 3.63) is 35.9 Å². The number of halogens is 1. The van der Waals surface area contributed by atoms with Crippen LogP contribution in [0.1, 0.15) is 25.3 Å². The molecule has 1 saturated heterocycles. The highest BCUT2D eigenvalue weighted by atomic mass is 127. The van der Waals surface area contributed by atoms with Gasteiger partial charge in [-0.2, -0.15) is 0 Å². The fraction of sp³-hybridized carbons (Fsp3) is 0.538. The summed E-state index contributed by atoms with van der Waals surface area (Å²) in [5.41, 5.74) is 1.14. The molecule has 0 spiro atoms. The summed E-state index contributed by atoms with van der Waals surface area (Å²) in [7, 11) is 0. The summed E-state index contributed by atoms with van der Waals surface area (Å²) in [4.78, 5) is 0. The first-order chi connectivity index (χ1) is 7.68. The Morgan fingerprint density at radius 2 is 2.19 bits per heavy atom. The summed E-state index contributed by atoms with van der Waals surface area (Å²) < 4.78 is 11.9. The smallest absolute Gasteiger partial charge is 0.109 e. The lowest BCUT2D eigenvalue weighted by molar-refractivity contribution is -0.0602. The van der Waals surface area contributed by atoms with Gasteiger partial charge in [0.05, 0.1) is 18.8 Å². The molecule has 16 heavy (non-hydrogen) atoms. The molecule has 1 aliphatic rings. The lowest BCUT2D eigenvalue weighted by Gasteiger charge is -2.23. The zero-order valence-electron chi connectivity index (χ0n) is 9.49. The molecule has 88 valence electrons. The summed E-state index contributed by atoms with van der Waals surface area (Å²) >= 11 is 2.34. The van der Waals surface area contributed by atoms with Gasteiger partial charge in [0, 0.05) is 0 Å². The first-order valence-corrected chi connectivity index (χ1v) is 6.86. The fourth-order valence-corrected chi connectivity index (χ4v) is 2.84. The Labute approximate surface area is 110 Å².